The maximum atomic E-state index is 12.7. The Hall–Kier alpha value is -2.07. The highest BCUT2D eigenvalue weighted by atomic mass is 79.9. The zero-order valence-electron chi connectivity index (χ0n) is 16.7. The lowest BCUT2D eigenvalue weighted by Gasteiger charge is -2.15. The SMILES string of the molecule is COCCOc1ccc(Br)cc1C(=O)NC(=S)NCc1cc(OC)c(OC)cc1Cl. The summed E-state index contributed by atoms with van der Waals surface area (Å²) in [7, 11) is 4.65. The molecule has 0 bridgehead atoms. The van der Waals surface area contributed by atoms with E-state index in [0.29, 0.717) is 41.0 Å². The number of ether oxygens (including phenoxy) is 4. The number of hydrogen-bond donors (Lipinski definition) is 2. The third-order valence-electron chi connectivity index (χ3n) is 3.95. The number of benzene rings is 2. The highest BCUT2D eigenvalue weighted by Crippen LogP contribution is 2.33. The van der Waals surface area contributed by atoms with Crippen molar-refractivity contribution in [2.45, 2.75) is 6.54 Å². The van der Waals surface area contributed by atoms with Crippen molar-refractivity contribution in [3.8, 4) is 17.2 Å². The highest BCUT2D eigenvalue weighted by molar-refractivity contribution is 9.10. The molecule has 0 spiro atoms. The molecule has 7 nitrogen and oxygen atoms in total. The minimum Gasteiger partial charge on any atom is -0.493 e. The number of carbonyl (C=O) groups excluding carboxylic acids is 1. The Bertz CT molecular complexity index is 913. The van der Waals surface area contributed by atoms with Crippen molar-refractivity contribution >= 4 is 50.8 Å². The number of thiocarbonyl (C=S) groups is 1. The van der Waals surface area contributed by atoms with Crippen LogP contribution in [-0.4, -0.2) is 45.6 Å². The molecule has 0 aromatic heterocycles. The van der Waals surface area contributed by atoms with Crippen LogP contribution in [-0.2, 0) is 11.3 Å². The molecule has 0 saturated carbocycles. The maximum absolute atomic E-state index is 12.7. The second kappa shape index (κ2) is 11.9. The smallest absolute Gasteiger partial charge is 0.261 e. The van der Waals surface area contributed by atoms with Crippen LogP contribution >= 0.6 is 39.7 Å². The molecule has 0 aliphatic heterocycles. The fourth-order valence-corrected chi connectivity index (χ4v) is 3.21. The fraction of sp³-hybridized carbons (Fsp3) is 0.300. The summed E-state index contributed by atoms with van der Waals surface area (Å²) in [6.07, 6.45) is 0. The third kappa shape index (κ3) is 6.73. The van der Waals surface area contributed by atoms with Gasteiger partial charge >= 0.3 is 0 Å². The van der Waals surface area contributed by atoms with Crippen molar-refractivity contribution < 1.29 is 23.7 Å². The molecule has 30 heavy (non-hydrogen) atoms. The molecule has 0 fully saturated rings. The van der Waals surface area contributed by atoms with Crippen LogP contribution in [0.5, 0.6) is 17.2 Å². The first kappa shape index (κ1) is 24.2. The van der Waals surface area contributed by atoms with Gasteiger partial charge < -0.3 is 24.3 Å². The van der Waals surface area contributed by atoms with E-state index in [9.17, 15) is 4.79 Å². The van der Waals surface area contributed by atoms with Gasteiger partial charge in [0.25, 0.3) is 5.91 Å². The van der Waals surface area contributed by atoms with Crippen LogP contribution < -0.4 is 24.8 Å². The number of carbonyl (C=O) groups is 1. The number of nitrogens with one attached hydrogen (secondary N) is 2. The predicted molar refractivity (Wildman–Crippen MR) is 123 cm³/mol. The van der Waals surface area contributed by atoms with Gasteiger partial charge in [0.2, 0.25) is 0 Å². The summed E-state index contributed by atoms with van der Waals surface area (Å²) in [6, 6.07) is 8.55. The molecule has 2 rings (SSSR count). The van der Waals surface area contributed by atoms with Crippen LogP contribution in [0.4, 0.5) is 0 Å². The van der Waals surface area contributed by atoms with Gasteiger partial charge in [-0.15, -0.1) is 0 Å². The molecule has 2 aromatic carbocycles. The summed E-state index contributed by atoms with van der Waals surface area (Å²) in [5, 5.41) is 6.24. The summed E-state index contributed by atoms with van der Waals surface area (Å²) in [5.74, 6) is 1.09. The van der Waals surface area contributed by atoms with E-state index < -0.39 is 5.91 Å². The number of rotatable bonds is 9. The maximum Gasteiger partial charge on any atom is 0.261 e. The van der Waals surface area contributed by atoms with Crippen LogP contribution in [0.2, 0.25) is 5.02 Å². The van der Waals surface area contributed by atoms with Crippen molar-refractivity contribution in [1.29, 1.82) is 0 Å². The van der Waals surface area contributed by atoms with E-state index in [0.717, 1.165) is 10.0 Å². The van der Waals surface area contributed by atoms with Crippen molar-refractivity contribution in [3.63, 3.8) is 0 Å². The van der Waals surface area contributed by atoms with Gasteiger partial charge in [0.05, 0.1) is 26.4 Å². The molecule has 10 heteroatoms. The zero-order valence-corrected chi connectivity index (χ0v) is 19.9. The Morgan fingerprint density at radius 2 is 1.77 bits per heavy atom. The van der Waals surface area contributed by atoms with E-state index in [1.165, 1.54) is 14.2 Å². The van der Waals surface area contributed by atoms with Crippen molar-refractivity contribution in [2.24, 2.45) is 0 Å². The summed E-state index contributed by atoms with van der Waals surface area (Å²) < 4.78 is 21.8. The lowest BCUT2D eigenvalue weighted by atomic mass is 10.2. The molecule has 0 aliphatic rings. The number of methoxy groups -OCH3 is 3. The molecule has 0 atom stereocenters. The van der Waals surface area contributed by atoms with Gasteiger partial charge in [-0.3, -0.25) is 10.1 Å². The standard InChI is InChI=1S/C20H22BrClN2O5S/c1-26-6-7-29-16-5-4-13(21)9-14(16)19(25)24-20(30)23-11-12-8-17(27-2)18(28-3)10-15(12)22/h4-5,8-10H,6-7,11H2,1-3H3,(H2,23,24,25,30). The van der Waals surface area contributed by atoms with E-state index in [2.05, 4.69) is 26.6 Å². The van der Waals surface area contributed by atoms with E-state index in [-0.39, 0.29) is 11.7 Å². The molecular weight excluding hydrogens is 496 g/mol. The van der Waals surface area contributed by atoms with Gasteiger partial charge in [-0.05, 0) is 42.0 Å². The van der Waals surface area contributed by atoms with Crippen LogP contribution in [0.15, 0.2) is 34.8 Å². The largest absolute Gasteiger partial charge is 0.493 e. The molecule has 0 heterocycles. The van der Waals surface area contributed by atoms with Crippen LogP contribution in [0.1, 0.15) is 15.9 Å². The summed E-state index contributed by atoms with van der Waals surface area (Å²) in [4.78, 5) is 12.7. The molecule has 0 saturated heterocycles. The van der Waals surface area contributed by atoms with Crippen molar-refractivity contribution in [1.82, 2.24) is 10.6 Å². The minimum atomic E-state index is -0.403. The quantitative estimate of drug-likeness (QED) is 0.385. The number of hydrogen-bond acceptors (Lipinski definition) is 6. The van der Waals surface area contributed by atoms with Gasteiger partial charge in [-0.1, -0.05) is 27.5 Å². The monoisotopic (exact) mass is 516 g/mol. The lowest BCUT2D eigenvalue weighted by molar-refractivity contribution is 0.0968. The Kier molecular flexibility index (Phi) is 9.64. The second-order valence-corrected chi connectivity index (χ2v) is 7.65. The lowest BCUT2D eigenvalue weighted by Crippen LogP contribution is -2.39. The topological polar surface area (TPSA) is 78.1 Å². The first-order chi connectivity index (χ1) is 14.4. The Balaban J connectivity index is 2.03. The van der Waals surface area contributed by atoms with E-state index in [1.807, 2.05) is 0 Å². The van der Waals surface area contributed by atoms with Gasteiger partial charge in [-0.25, -0.2) is 0 Å². The predicted octanol–water partition coefficient (Wildman–Crippen LogP) is 3.95. The average Bonchev–Trinajstić information content (AvgIpc) is 2.73. The fourth-order valence-electron chi connectivity index (χ4n) is 2.46. The number of halogens is 2. The van der Waals surface area contributed by atoms with Gasteiger partial charge in [-0.2, -0.15) is 0 Å². The Labute approximate surface area is 194 Å². The minimum absolute atomic E-state index is 0.147. The van der Waals surface area contributed by atoms with Crippen molar-refractivity contribution in [3.05, 3.63) is 51.0 Å². The average molecular weight is 518 g/mol. The Morgan fingerprint density at radius 1 is 1.07 bits per heavy atom. The van der Waals surface area contributed by atoms with Gasteiger partial charge in [0.15, 0.2) is 16.6 Å². The second-order valence-electron chi connectivity index (χ2n) is 5.92. The van der Waals surface area contributed by atoms with E-state index in [4.69, 9.17) is 42.8 Å². The molecular formula is C20H22BrClN2O5S. The van der Waals surface area contributed by atoms with Crippen LogP contribution in [0, 0.1) is 0 Å². The molecule has 0 aliphatic carbocycles. The zero-order chi connectivity index (χ0) is 22.1. The Morgan fingerprint density at radius 3 is 2.43 bits per heavy atom. The molecule has 0 unspecified atom stereocenters. The molecule has 1 amide bonds. The first-order valence-electron chi connectivity index (χ1n) is 8.80. The summed E-state index contributed by atoms with van der Waals surface area (Å²) >= 11 is 14.9. The van der Waals surface area contributed by atoms with Gasteiger partial charge in [0, 0.05) is 29.2 Å². The first-order valence-corrected chi connectivity index (χ1v) is 10.4. The molecule has 2 aromatic rings. The van der Waals surface area contributed by atoms with Gasteiger partial charge in [0.1, 0.15) is 12.4 Å². The van der Waals surface area contributed by atoms with Crippen LogP contribution in [0.3, 0.4) is 0 Å². The van der Waals surface area contributed by atoms with Crippen molar-refractivity contribution in [2.75, 3.05) is 34.5 Å². The molecule has 0 radical (unpaired) electrons. The third-order valence-corrected chi connectivity index (χ3v) is 5.04. The normalized spacial score (nSPS) is 10.3. The summed E-state index contributed by atoms with van der Waals surface area (Å²) in [6.45, 7) is 1.01. The molecule has 162 valence electrons. The summed E-state index contributed by atoms with van der Waals surface area (Å²) in [5.41, 5.74) is 1.07. The highest BCUT2D eigenvalue weighted by Gasteiger charge is 2.16. The molecule has 2 N–H and O–H groups in total. The van der Waals surface area contributed by atoms with E-state index in [1.54, 1.807) is 37.4 Å². The van der Waals surface area contributed by atoms with Crippen LogP contribution in [0.25, 0.3) is 0 Å². The number of amides is 1. The van der Waals surface area contributed by atoms with E-state index >= 15 is 0 Å².